The van der Waals surface area contributed by atoms with E-state index in [0.29, 0.717) is 21.2 Å². The van der Waals surface area contributed by atoms with Crippen LogP contribution in [0, 0.1) is 0 Å². The number of ether oxygens (including phenoxy) is 6. The molecule has 12 nitrogen and oxygen atoms in total. The van der Waals surface area contributed by atoms with Crippen LogP contribution < -0.4 is 50.8 Å². The van der Waals surface area contributed by atoms with Crippen molar-refractivity contribution in [2.75, 3.05) is 0 Å². The first-order valence-corrected chi connectivity index (χ1v) is 24.8. The molecule has 6 aromatic rings. The molecule has 0 amide bonds. The number of esters is 4. The molecule has 0 fully saturated rings. The van der Waals surface area contributed by atoms with Crippen molar-refractivity contribution in [2.45, 2.75) is 79.8 Å². The van der Waals surface area contributed by atoms with E-state index in [4.69, 9.17) is 28.4 Å². The Bertz CT molecular complexity index is 2510. The first-order valence-electron chi connectivity index (χ1n) is 21.4. The van der Waals surface area contributed by atoms with E-state index >= 15 is 9.13 Å². The third-order valence-corrected chi connectivity index (χ3v) is 16.3. The fourth-order valence-corrected chi connectivity index (χ4v) is 13.4. The highest BCUT2D eigenvalue weighted by Gasteiger charge is 2.44. The molecular weight excluding hydrogens is 879 g/mol. The molecule has 0 saturated heterocycles. The number of carbonyl (C=O) groups excluding carboxylic acids is 4. The zero-order chi connectivity index (χ0) is 47.8. The smallest absolute Gasteiger partial charge is 0.352 e. The highest BCUT2D eigenvalue weighted by Crippen LogP contribution is 2.56. The van der Waals surface area contributed by atoms with Crippen molar-refractivity contribution < 1.29 is 56.7 Å². The zero-order valence-corrected chi connectivity index (χ0v) is 39.7. The first kappa shape index (κ1) is 48.7. The molecule has 0 saturated carbocycles. The molecule has 0 aromatic heterocycles. The van der Waals surface area contributed by atoms with Gasteiger partial charge in [-0.05, 0) is 65.8 Å². The van der Waals surface area contributed by atoms with Crippen molar-refractivity contribution in [2.24, 2.45) is 0 Å². The summed E-state index contributed by atoms with van der Waals surface area (Å²) < 4.78 is 70.5. The Morgan fingerprint density at radius 2 is 0.652 bits per heavy atom. The van der Waals surface area contributed by atoms with Crippen LogP contribution in [-0.2, 0) is 37.8 Å². The van der Waals surface area contributed by atoms with Gasteiger partial charge in [0.05, 0.1) is 22.8 Å². The second-order valence-electron chi connectivity index (χ2n) is 15.8. The Morgan fingerprint density at radius 1 is 0.394 bits per heavy atom. The van der Waals surface area contributed by atoms with E-state index in [0.717, 1.165) is 13.8 Å². The number of hydrogen-bond donors (Lipinski definition) is 0. The third-order valence-electron chi connectivity index (χ3n) is 10.1. The van der Waals surface area contributed by atoms with Gasteiger partial charge in [0.1, 0.15) is 23.0 Å². The molecule has 6 aromatic carbocycles. The van der Waals surface area contributed by atoms with Crippen LogP contribution in [0.4, 0.5) is 0 Å². The minimum absolute atomic E-state index is 0.0139. The third kappa shape index (κ3) is 10.5. The van der Waals surface area contributed by atoms with Gasteiger partial charge in [0, 0.05) is 46.2 Å². The summed E-state index contributed by atoms with van der Waals surface area (Å²) in [4.78, 5) is 52.7. The van der Waals surface area contributed by atoms with Gasteiger partial charge in [0.25, 0.3) is 0 Å². The highest BCUT2D eigenvalue weighted by molar-refractivity contribution is 7.86. The van der Waals surface area contributed by atoms with Crippen molar-refractivity contribution in [3.63, 3.8) is 0 Å². The summed E-state index contributed by atoms with van der Waals surface area (Å²) >= 11 is 0. The van der Waals surface area contributed by atoms with Crippen molar-refractivity contribution in [1.82, 2.24) is 0 Å². The van der Waals surface area contributed by atoms with E-state index < -0.39 is 62.6 Å². The zero-order valence-electron chi connectivity index (χ0n) is 38.0. The summed E-state index contributed by atoms with van der Waals surface area (Å²) in [5.74, 6) is -3.86. The van der Waals surface area contributed by atoms with E-state index in [1.807, 2.05) is 0 Å². The molecular formula is C52H52O12P2. The van der Waals surface area contributed by atoms with E-state index in [1.165, 1.54) is 38.1 Å². The number of rotatable bonds is 17. The van der Waals surface area contributed by atoms with Crippen LogP contribution in [0.25, 0.3) is 11.1 Å². The quantitative estimate of drug-likeness (QED) is 0.0495. The van der Waals surface area contributed by atoms with E-state index in [2.05, 4.69) is 0 Å². The Kier molecular flexibility index (Phi) is 15.5. The molecule has 0 aliphatic carbocycles. The number of hydrogen-bond acceptors (Lipinski definition) is 12. The summed E-state index contributed by atoms with van der Waals surface area (Å²) in [7, 11) is -8.57. The molecule has 2 atom stereocenters. The maximum Gasteiger partial charge on any atom is 0.352 e. The predicted molar refractivity (Wildman–Crippen MR) is 256 cm³/mol. The summed E-state index contributed by atoms with van der Waals surface area (Å²) in [5.41, 5.74) is -0.237. The first-order chi connectivity index (χ1) is 31.5. The minimum atomic E-state index is -4.28. The van der Waals surface area contributed by atoms with Gasteiger partial charge in [0.15, 0.2) is 26.5 Å². The Balaban J connectivity index is 1.95. The molecule has 0 spiro atoms. The average Bonchev–Trinajstić information content (AvgIpc) is 3.29. The highest BCUT2D eigenvalue weighted by atomic mass is 31.2. The molecule has 0 aliphatic rings. The number of benzene rings is 6. The van der Waals surface area contributed by atoms with Gasteiger partial charge in [-0.3, -0.25) is 9.59 Å². The molecule has 66 heavy (non-hydrogen) atoms. The van der Waals surface area contributed by atoms with Crippen LogP contribution >= 0.6 is 14.3 Å². The monoisotopic (exact) mass is 930 g/mol. The fourth-order valence-electron chi connectivity index (χ4n) is 7.43. The molecule has 0 aliphatic heterocycles. The van der Waals surface area contributed by atoms with Gasteiger partial charge in [-0.25, -0.2) is 9.59 Å². The van der Waals surface area contributed by atoms with Crippen LogP contribution in [0.3, 0.4) is 0 Å². The van der Waals surface area contributed by atoms with E-state index in [-0.39, 0.29) is 44.7 Å². The molecule has 0 N–H and O–H groups in total. The van der Waals surface area contributed by atoms with E-state index in [9.17, 15) is 19.2 Å². The largest absolute Gasteiger partial charge is 0.490 e. The van der Waals surface area contributed by atoms with Crippen LogP contribution in [-0.4, -0.2) is 48.3 Å². The second kappa shape index (κ2) is 21.0. The van der Waals surface area contributed by atoms with Crippen molar-refractivity contribution in [3.8, 4) is 34.1 Å². The lowest BCUT2D eigenvalue weighted by atomic mass is 10.0. The lowest BCUT2D eigenvalue weighted by Gasteiger charge is -2.31. The van der Waals surface area contributed by atoms with Gasteiger partial charge in [-0.15, -0.1) is 0 Å². The Labute approximate surface area is 384 Å². The van der Waals surface area contributed by atoms with Crippen LogP contribution in [0.2, 0.25) is 0 Å². The summed E-state index contributed by atoms with van der Waals surface area (Å²) in [6.07, 6.45) is -3.91. The molecule has 0 heterocycles. The van der Waals surface area contributed by atoms with Crippen molar-refractivity contribution in [1.29, 1.82) is 0 Å². The number of carbonyl (C=O) groups is 4. The maximum atomic E-state index is 17.1. The molecule has 0 unspecified atom stereocenters. The standard InChI is InChI=1S/C52H52O12P2/c1-33(2)59-45-31-29-43(63-51(55)35(5)61-37(7)53)47(49(45)65(57,39-21-13-9-14-22-39)40-23-15-10-16-24-40)48-44(64-52(56)36(6)62-38(8)54)30-32-46(60-34(3)4)50(48)66(58,41-25-17-11-18-26-41)42-27-19-12-20-28-42/h9-36H,1-8H3/t35-,36-/m0/s1. The minimum Gasteiger partial charge on any atom is -0.490 e. The Morgan fingerprint density at radius 3 is 0.894 bits per heavy atom. The summed E-state index contributed by atoms with van der Waals surface area (Å²) in [6, 6.07) is 40.6. The van der Waals surface area contributed by atoms with E-state index in [1.54, 1.807) is 149 Å². The predicted octanol–water partition coefficient (Wildman–Crippen LogP) is 7.92. The van der Waals surface area contributed by atoms with Crippen LogP contribution in [0.5, 0.6) is 23.0 Å². The molecule has 14 heteroatoms. The molecule has 342 valence electrons. The van der Waals surface area contributed by atoms with Crippen molar-refractivity contribution in [3.05, 3.63) is 146 Å². The summed E-state index contributed by atoms with van der Waals surface area (Å²) in [5, 5.41) is 1.34. The van der Waals surface area contributed by atoms with Crippen molar-refractivity contribution >= 4 is 70.0 Å². The molecule has 0 radical (unpaired) electrons. The van der Waals surface area contributed by atoms with Gasteiger partial charge < -0.3 is 37.6 Å². The molecule has 6 rings (SSSR count). The summed E-state index contributed by atoms with van der Waals surface area (Å²) in [6.45, 7) is 12.1. The lowest BCUT2D eigenvalue weighted by Crippen LogP contribution is -2.34. The SMILES string of the molecule is CC(=O)O[C@@H](C)C(=O)Oc1ccc(OC(C)C)c(P(=O)(c2ccccc2)c2ccccc2)c1-c1c(OC(=O)[C@H](C)OC(C)=O)ccc(OC(C)C)c1P(=O)(c1ccccc1)c1ccccc1. The van der Waals surface area contributed by atoms with Crippen LogP contribution in [0.15, 0.2) is 146 Å². The lowest BCUT2D eigenvalue weighted by molar-refractivity contribution is -0.159. The average molecular weight is 931 g/mol. The maximum absolute atomic E-state index is 17.1. The van der Waals surface area contributed by atoms with Gasteiger partial charge >= 0.3 is 23.9 Å². The second-order valence-corrected chi connectivity index (χ2v) is 21.2. The van der Waals surface area contributed by atoms with Gasteiger partial charge in [0.2, 0.25) is 0 Å². The topological polar surface area (TPSA) is 158 Å². The Hall–Kier alpha value is -6.74. The van der Waals surface area contributed by atoms with Crippen LogP contribution in [0.1, 0.15) is 55.4 Å². The fraction of sp³-hybridized carbons (Fsp3) is 0.231. The molecule has 0 bridgehead atoms. The van der Waals surface area contributed by atoms with Gasteiger partial charge in [-0.2, -0.15) is 0 Å². The normalized spacial score (nSPS) is 12.5. The van der Waals surface area contributed by atoms with Gasteiger partial charge in [-0.1, -0.05) is 121 Å².